The van der Waals surface area contributed by atoms with E-state index in [0.717, 1.165) is 14.9 Å². The monoisotopic (exact) mass is 327 g/mol. The number of benzene rings is 1. The fourth-order valence-electron chi connectivity index (χ4n) is 1.50. The molecule has 2 rings (SSSR count). The minimum absolute atomic E-state index is 0.0391. The van der Waals surface area contributed by atoms with Gasteiger partial charge in [0.2, 0.25) is 5.91 Å². The maximum absolute atomic E-state index is 12.0. The van der Waals surface area contributed by atoms with Crippen LogP contribution in [-0.4, -0.2) is 21.4 Å². The molecule has 0 aliphatic rings. The maximum atomic E-state index is 12.0. The second-order valence-electron chi connectivity index (χ2n) is 4.16. The summed E-state index contributed by atoms with van der Waals surface area (Å²) in [6, 6.07) is 7.47. The summed E-state index contributed by atoms with van der Waals surface area (Å²) in [6.07, 6.45) is 0. The van der Waals surface area contributed by atoms with E-state index >= 15 is 0 Å². The third-order valence-corrected chi connectivity index (χ3v) is 4.96. The lowest BCUT2D eigenvalue weighted by Gasteiger charge is -2.11. The van der Waals surface area contributed by atoms with Gasteiger partial charge in [-0.1, -0.05) is 52.9 Å². The molecule has 0 spiro atoms. The summed E-state index contributed by atoms with van der Waals surface area (Å²) in [4.78, 5) is 12.0. The van der Waals surface area contributed by atoms with E-state index in [1.165, 1.54) is 23.1 Å². The minimum atomic E-state index is -0.218. The Kier molecular flexibility index (Phi) is 5.39. The molecule has 0 aliphatic heterocycles. The lowest BCUT2D eigenvalue weighted by molar-refractivity contribution is -0.120. The van der Waals surface area contributed by atoms with Crippen molar-refractivity contribution in [2.45, 2.75) is 30.0 Å². The zero-order chi connectivity index (χ0) is 14.5. The number of amides is 1. The molecule has 0 aliphatic carbocycles. The minimum Gasteiger partial charge on any atom is -0.351 e. The van der Waals surface area contributed by atoms with Crippen LogP contribution in [0.25, 0.3) is 0 Å². The maximum Gasteiger partial charge on any atom is 0.233 e. The molecule has 1 aromatic carbocycles. The van der Waals surface area contributed by atoms with Crippen molar-refractivity contribution in [1.29, 1.82) is 0 Å². The van der Waals surface area contributed by atoms with Gasteiger partial charge in [-0.05, 0) is 25.5 Å². The molecule has 1 atom stereocenters. The molecule has 0 fully saturated rings. The Morgan fingerprint density at radius 3 is 2.85 bits per heavy atom. The lowest BCUT2D eigenvalue weighted by Crippen LogP contribution is -2.30. The number of nitrogens with one attached hydrogen (secondary N) is 1. The molecule has 0 saturated carbocycles. The van der Waals surface area contributed by atoms with Gasteiger partial charge in [0.25, 0.3) is 0 Å². The van der Waals surface area contributed by atoms with E-state index in [1.54, 1.807) is 0 Å². The van der Waals surface area contributed by atoms with Gasteiger partial charge in [0.05, 0.1) is 5.25 Å². The highest BCUT2D eigenvalue weighted by Gasteiger charge is 2.16. The zero-order valence-electron chi connectivity index (χ0n) is 11.1. The first kappa shape index (κ1) is 15.3. The molecule has 0 unspecified atom stereocenters. The van der Waals surface area contributed by atoms with E-state index in [4.69, 9.17) is 11.6 Å². The first-order valence-corrected chi connectivity index (χ1v) is 8.11. The van der Waals surface area contributed by atoms with Crippen LogP contribution in [0.5, 0.6) is 0 Å². The van der Waals surface area contributed by atoms with E-state index in [-0.39, 0.29) is 11.2 Å². The quantitative estimate of drug-likeness (QED) is 0.856. The van der Waals surface area contributed by atoms with Gasteiger partial charge in [0, 0.05) is 11.6 Å². The summed E-state index contributed by atoms with van der Waals surface area (Å²) < 4.78 is 0.808. The number of aryl methyl sites for hydroxylation is 1. The van der Waals surface area contributed by atoms with Gasteiger partial charge in [0.1, 0.15) is 5.01 Å². The number of halogens is 1. The summed E-state index contributed by atoms with van der Waals surface area (Å²) in [5.41, 5.74) is 0.909. The van der Waals surface area contributed by atoms with Crippen molar-refractivity contribution >= 4 is 40.6 Å². The zero-order valence-corrected chi connectivity index (χ0v) is 13.5. The van der Waals surface area contributed by atoms with Crippen molar-refractivity contribution in [3.8, 4) is 0 Å². The Bertz CT molecular complexity index is 603. The van der Waals surface area contributed by atoms with Gasteiger partial charge < -0.3 is 5.32 Å². The molecule has 1 heterocycles. The lowest BCUT2D eigenvalue weighted by atomic mass is 10.2. The first-order chi connectivity index (χ1) is 9.56. The number of rotatable bonds is 5. The molecule has 1 amide bonds. The standard InChI is InChI=1S/C13H14ClN3OS2/c1-8(19-13-17-16-9(2)20-13)12(18)15-7-10-5-3-4-6-11(10)14/h3-6,8H,7H2,1-2H3,(H,15,18)/t8-/m0/s1. The predicted molar refractivity (Wildman–Crippen MR) is 83.3 cm³/mol. The van der Waals surface area contributed by atoms with Crippen LogP contribution in [0.4, 0.5) is 0 Å². The second-order valence-corrected chi connectivity index (χ2v) is 7.33. The Morgan fingerprint density at radius 1 is 1.45 bits per heavy atom. The van der Waals surface area contributed by atoms with E-state index < -0.39 is 0 Å². The van der Waals surface area contributed by atoms with Gasteiger partial charge in [0.15, 0.2) is 4.34 Å². The highest BCUT2D eigenvalue weighted by molar-refractivity contribution is 8.02. The molecule has 1 aromatic heterocycles. The second kappa shape index (κ2) is 7.06. The molecule has 4 nitrogen and oxygen atoms in total. The highest BCUT2D eigenvalue weighted by atomic mass is 35.5. The number of thioether (sulfide) groups is 1. The SMILES string of the molecule is Cc1nnc(S[C@@H](C)C(=O)NCc2ccccc2Cl)s1. The van der Waals surface area contributed by atoms with Crippen LogP contribution in [0.2, 0.25) is 5.02 Å². The molecule has 1 N–H and O–H groups in total. The van der Waals surface area contributed by atoms with Crippen molar-refractivity contribution in [2.75, 3.05) is 0 Å². The third kappa shape index (κ3) is 4.19. The van der Waals surface area contributed by atoms with Crippen LogP contribution in [-0.2, 0) is 11.3 Å². The Labute approximate surface area is 130 Å². The average Bonchev–Trinajstić information content (AvgIpc) is 2.82. The van der Waals surface area contributed by atoms with Crippen molar-refractivity contribution in [3.05, 3.63) is 39.9 Å². The fraction of sp³-hybridized carbons (Fsp3) is 0.308. The third-order valence-electron chi connectivity index (χ3n) is 2.57. The van der Waals surface area contributed by atoms with E-state index in [0.29, 0.717) is 11.6 Å². The first-order valence-electron chi connectivity index (χ1n) is 6.04. The number of hydrogen-bond donors (Lipinski definition) is 1. The van der Waals surface area contributed by atoms with Crippen molar-refractivity contribution in [2.24, 2.45) is 0 Å². The Balaban J connectivity index is 1.87. The number of carbonyl (C=O) groups is 1. The predicted octanol–water partition coefficient (Wildman–Crippen LogP) is 3.30. The van der Waals surface area contributed by atoms with Crippen molar-refractivity contribution < 1.29 is 4.79 Å². The molecule has 0 saturated heterocycles. The normalized spacial score (nSPS) is 12.2. The molecular weight excluding hydrogens is 314 g/mol. The number of nitrogens with zero attached hydrogens (tertiary/aromatic N) is 2. The van der Waals surface area contributed by atoms with Gasteiger partial charge in [-0.15, -0.1) is 10.2 Å². The Morgan fingerprint density at radius 2 is 2.20 bits per heavy atom. The average molecular weight is 328 g/mol. The number of carbonyl (C=O) groups excluding carboxylic acids is 1. The van der Waals surface area contributed by atoms with Gasteiger partial charge in [-0.3, -0.25) is 4.79 Å². The summed E-state index contributed by atoms with van der Waals surface area (Å²) in [6.45, 7) is 4.17. The fourth-order valence-corrected chi connectivity index (χ4v) is 3.69. The number of hydrogen-bond acceptors (Lipinski definition) is 5. The van der Waals surface area contributed by atoms with Crippen LogP contribution in [0, 0.1) is 6.92 Å². The molecule has 2 aromatic rings. The summed E-state index contributed by atoms with van der Waals surface area (Å²) in [7, 11) is 0. The van der Waals surface area contributed by atoms with Gasteiger partial charge in [-0.25, -0.2) is 0 Å². The van der Waals surface area contributed by atoms with Crippen LogP contribution in [0.15, 0.2) is 28.6 Å². The molecular formula is C13H14ClN3OS2. The van der Waals surface area contributed by atoms with Gasteiger partial charge >= 0.3 is 0 Å². The van der Waals surface area contributed by atoms with E-state index in [2.05, 4.69) is 15.5 Å². The molecule has 20 heavy (non-hydrogen) atoms. The van der Waals surface area contributed by atoms with Crippen LogP contribution >= 0.6 is 34.7 Å². The van der Waals surface area contributed by atoms with Crippen LogP contribution in [0.3, 0.4) is 0 Å². The van der Waals surface area contributed by atoms with E-state index in [9.17, 15) is 4.79 Å². The van der Waals surface area contributed by atoms with Crippen molar-refractivity contribution in [3.63, 3.8) is 0 Å². The smallest absolute Gasteiger partial charge is 0.233 e. The van der Waals surface area contributed by atoms with Gasteiger partial charge in [-0.2, -0.15) is 0 Å². The van der Waals surface area contributed by atoms with Crippen LogP contribution in [0.1, 0.15) is 17.5 Å². The molecule has 7 heteroatoms. The highest BCUT2D eigenvalue weighted by Crippen LogP contribution is 2.26. The summed E-state index contributed by atoms with van der Waals surface area (Å²) in [5, 5.41) is 12.2. The summed E-state index contributed by atoms with van der Waals surface area (Å²) in [5.74, 6) is -0.0391. The number of aromatic nitrogens is 2. The Hall–Kier alpha value is -1.11. The topological polar surface area (TPSA) is 54.9 Å². The largest absolute Gasteiger partial charge is 0.351 e. The van der Waals surface area contributed by atoms with E-state index in [1.807, 2.05) is 38.1 Å². The van der Waals surface area contributed by atoms with Crippen molar-refractivity contribution in [1.82, 2.24) is 15.5 Å². The summed E-state index contributed by atoms with van der Waals surface area (Å²) >= 11 is 8.95. The van der Waals surface area contributed by atoms with Crippen LogP contribution < -0.4 is 5.32 Å². The molecule has 0 bridgehead atoms. The molecule has 106 valence electrons. The molecule has 0 radical (unpaired) electrons.